The molecule has 2 aromatic carbocycles. The van der Waals surface area contributed by atoms with Gasteiger partial charge in [-0.1, -0.05) is 48.2 Å². The summed E-state index contributed by atoms with van der Waals surface area (Å²) in [5.74, 6) is 0.861. The quantitative estimate of drug-likeness (QED) is 0.489. The Labute approximate surface area is 191 Å². The second kappa shape index (κ2) is 10.8. The third kappa shape index (κ3) is 5.10. The number of nitriles is 1. The minimum atomic E-state index is -0.0769. The van der Waals surface area contributed by atoms with Gasteiger partial charge in [-0.3, -0.25) is 9.36 Å². The summed E-state index contributed by atoms with van der Waals surface area (Å²) in [6.07, 6.45) is 0.271. The monoisotopic (exact) mass is 448 g/mol. The SMILES string of the molecule is N#CCCN(C(=O)CSc1nnc(N2CCOCC2)n1-c1ccccc1)c1ccccc1. The largest absolute Gasteiger partial charge is 0.378 e. The minimum Gasteiger partial charge on any atom is -0.378 e. The molecule has 9 heteroatoms. The summed E-state index contributed by atoms with van der Waals surface area (Å²) in [6.45, 7) is 3.13. The number of amides is 1. The number of benzene rings is 2. The van der Waals surface area contributed by atoms with Gasteiger partial charge < -0.3 is 14.5 Å². The van der Waals surface area contributed by atoms with Gasteiger partial charge in [0.15, 0.2) is 5.16 Å². The van der Waals surface area contributed by atoms with Crippen LogP contribution in [0.25, 0.3) is 5.69 Å². The fourth-order valence-electron chi connectivity index (χ4n) is 3.50. The highest BCUT2D eigenvalue weighted by Crippen LogP contribution is 2.28. The highest BCUT2D eigenvalue weighted by Gasteiger charge is 2.23. The molecule has 1 saturated heterocycles. The number of hydrogen-bond donors (Lipinski definition) is 0. The third-order valence-electron chi connectivity index (χ3n) is 5.07. The molecule has 1 amide bonds. The highest BCUT2D eigenvalue weighted by molar-refractivity contribution is 7.99. The molecule has 0 aliphatic carbocycles. The van der Waals surface area contributed by atoms with Crippen LogP contribution in [0.3, 0.4) is 0 Å². The average molecular weight is 449 g/mol. The second-order valence-electron chi connectivity index (χ2n) is 7.13. The standard InChI is InChI=1S/C23H24N6O2S/c24-12-7-13-28(19-8-3-1-4-9-19)21(30)18-32-23-26-25-22(27-14-16-31-17-15-27)29(23)20-10-5-2-6-11-20/h1-6,8-11H,7,13-18H2. The predicted octanol–water partition coefficient (Wildman–Crippen LogP) is 3.14. The van der Waals surface area contributed by atoms with Crippen molar-refractivity contribution in [3.8, 4) is 11.8 Å². The number of para-hydroxylation sites is 2. The van der Waals surface area contributed by atoms with E-state index < -0.39 is 0 Å². The van der Waals surface area contributed by atoms with E-state index in [4.69, 9.17) is 10.00 Å². The summed E-state index contributed by atoms with van der Waals surface area (Å²) in [5.41, 5.74) is 1.73. The van der Waals surface area contributed by atoms with Crippen molar-refractivity contribution in [2.45, 2.75) is 11.6 Å². The van der Waals surface area contributed by atoms with Gasteiger partial charge in [0.1, 0.15) is 0 Å². The zero-order valence-corrected chi connectivity index (χ0v) is 18.4. The summed E-state index contributed by atoms with van der Waals surface area (Å²) in [5, 5.41) is 18.5. The normalized spacial score (nSPS) is 13.5. The molecule has 0 N–H and O–H groups in total. The predicted molar refractivity (Wildman–Crippen MR) is 124 cm³/mol. The van der Waals surface area contributed by atoms with Gasteiger partial charge in [0.2, 0.25) is 11.9 Å². The fourth-order valence-corrected chi connectivity index (χ4v) is 4.32. The van der Waals surface area contributed by atoms with Crippen molar-refractivity contribution in [3.05, 3.63) is 60.7 Å². The van der Waals surface area contributed by atoms with E-state index in [2.05, 4.69) is 21.2 Å². The van der Waals surface area contributed by atoms with Crippen LogP contribution in [-0.2, 0) is 9.53 Å². The summed E-state index contributed by atoms with van der Waals surface area (Å²) < 4.78 is 7.47. The van der Waals surface area contributed by atoms with E-state index in [1.165, 1.54) is 11.8 Å². The maximum atomic E-state index is 13.1. The molecule has 1 aliphatic heterocycles. The van der Waals surface area contributed by atoms with Crippen molar-refractivity contribution in [3.63, 3.8) is 0 Å². The van der Waals surface area contributed by atoms with Gasteiger partial charge >= 0.3 is 0 Å². The number of thioether (sulfide) groups is 1. The first-order valence-corrected chi connectivity index (χ1v) is 11.4. The molecule has 0 unspecified atom stereocenters. The van der Waals surface area contributed by atoms with E-state index in [0.29, 0.717) is 24.9 Å². The number of nitrogens with zero attached hydrogens (tertiary/aromatic N) is 6. The summed E-state index contributed by atoms with van der Waals surface area (Å²) in [4.78, 5) is 16.9. The molecule has 0 spiro atoms. The van der Waals surface area contributed by atoms with Crippen LogP contribution in [0.2, 0.25) is 0 Å². The molecule has 2 heterocycles. The molecule has 164 valence electrons. The van der Waals surface area contributed by atoms with Gasteiger partial charge in [-0.05, 0) is 24.3 Å². The molecule has 3 aromatic rings. The zero-order valence-electron chi connectivity index (χ0n) is 17.6. The van der Waals surface area contributed by atoms with Gasteiger partial charge in [-0.15, -0.1) is 10.2 Å². The van der Waals surface area contributed by atoms with Crippen molar-refractivity contribution in [1.29, 1.82) is 5.26 Å². The minimum absolute atomic E-state index is 0.0769. The van der Waals surface area contributed by atoms with Crippen molar-refractivity contribution in [2.24, 2.45) is 0 Å². The van der Waals surface area contributed by atoms with Crippen LogP contribution in [0.1, 0.15) is 6.42 Å². The Hall–Kier alpha value is -3.35. The van der Waals surface area contributed by atoms with Crippen molar-refractivity contribution in [2.75, 3.05) is 48.4 Å². The Morgan fingerprint density at radius 1 is 1.06 bits per heavy atom. The van der Waals surface area contributed by atoms with Crippen LogP contribution in [-0.4, -0.2) is 59.3 Å². The number of aromatic nitrogens is 3. The molecule has 0 atom stereocenters. The Morgan fingerprint density at radius 2 is 1.75 bits per heavy atom. The van der Waals surface area contributed by atoms with Crippen molar-refractivity contribution in [1.82, 2.24) is 14.8 Å². The lowest BCUT2D eigenvalue weighted by atomic mass is 10.2. The van der Waals surface area contributed by atoms with Gasteiger partial charge in [-0.25, -0.2) is 0 Å². The van der Waals surface area contributed by atoms with Crippen LogP contribution in [0, 0.1) is 11.3 Å². The van der Waals surface area contributed by atoms with Crippen LogP contribution < -0.4 is 9.80 Å². The molecular formula is C23H24N6O2S. The van der Waals surface area contributed by atoms with E-state index in [1.54, 1.807) is 4.90 Å². The van der Waals surface area contributed by atoms with Crippen LogP contribution in [0.5, 0.6) is 0 Å². The average Bonchev–Trinajstić information content (AvgIpc) is 3.29. The second-order valence-corrected chi connectivity index (χ2v) is 8.07. The van der Waals surface area contributed by atoms with Gasteiger partial charge in [0.05, 0.1) is 37.1 Å². The topological polar surface area (TPSA) is 87.3 Å². The smallest absolute Gasteiger partial charge is 0.237 e. The molecule has 32 heavy (non-hydrogen) atoms. The lowest BCUT2D eigenvalue weighted by Crippen LogP contribution is -2.38. The number of hydrogen-bond acceptors (Lipinski definition) is 7. The lowest BCUT2D eigenvalue weighted by molar-refractivity contribution is -0.116. The third-order valence-corrected chi connectivity index (χ3v) is 5.98. The summed E-state index contributed by atoms with van der Waals surface area (Å²) in [7, 11) is 0. The number of ether oxygens (including phenoxy) is 1. The number of morpholine rings is 1. The molecule has 1 aromatic heterocycles. The summed E-state index contributed by atoms with van der Waals surface area (Å²) in [6, 6.07) is 21.5. The van der Waals surface area contributed by atoms with E-state index in [0.717, 1.165) is 30.4 Å². The van der Waals surface area contributed by atoms with E-state index in [-0.39, 0.29) is 18.1 Å². The zero-order chi connectivity index (χ0) is 22.2. The van der Waals surface area contributed by atoms with Gasteiger partial charge in [-0.2, -0.15) is 5.26 Å². The number of rotatable bonds is 8. The maximum absolute atomic E-state index is 13.1. The number of anilines is 2. The number of carbonyl (C=O) groups excluding carboxylic acids is 1. The van der Waals surface area contributed by atoms with Crippen LogP contribution in [0.15, 0.2) is 65.8 Å². The molecule has 1 fully saturated rings. The first-order chi connectivity index (χ1) is 15.8. The highest BCUT2D eigenvalue weighted by atomic mass is 32.2. The molecule has 0 radical (unpaired) electrons. The molecule has 4 rings (SSSR count). The van der Waals surface area contributed by atoms with Gasteiger partial charge in [0, 0.05) is 25.3 Å². The molecule has 0 bridgehead atoms. The van der Waals surface area contributed by atoms with Crippen molar-refractivity contribution >= 4 is 29.3 Å². The first kappa shape index (κ1) is 21.9. The van der Waals surface area contributed by atoms with Crippen LogP contribution in [0.4, 0.5) is 11.6 Å². The van der Waals surface area contributed by atoms with Gasteiger partial charge in [0.25, 0.3) is 0 Å². The van der Waals surface area contributed by atoms with E-state index in [1.807, 2.05) is 65.2 Å². The van der Waals surface area contributed by atoms with Crippen LogP contribution >= 0.6 is 11.8 Å². The van der Waals surface area contributed by atoms with Crippen molar-refractivity contribution < 1.29 is 9.53 Å². The molecule has 1 aliphatic rings. The first-order valence-electron chi connectivity index (χ1n) is 10.5. The number of carbonyl (C=O) groups is 1. The Morgan fingerprint density at radius 3 is 2.44 bits per heavy atom. The van der Waals surface area contributed by atoms with E-state index in [9.17, 15) is 4.79 Å². The fraction of sp³-hybridized carbons (Fsp3) is 0.304. The Kier molecular flexibility index (Phi) is 7.38. The lowest BCUT2D eigenvalue weighted by Gasteiger charge is -2.28. The molecular weight excluding hydrogens is 424 g/mol. The summed E-state index contributed by atoms with van der Waals surface area (Å²) >= 11 is 1.35. The Bertz CT molecular complexity index is 1060. The molecule has 0 saturated carbocycles. The Balaban J connectivity index is 1.56. The molecule has 8 nitrogen and oxygen atoms in total. The maximum Gasteiger partial charge on any atom is 0.237 e. The van der Waals surface area contributed by atoms with E-state index >= 15 is 0 Å².